The van der Waals surface area contributed by atoms with Crippen LogP contribution in [0.1, 0.15) is 78.2 Å². The average Bonchev–Trinajstić information content (AvgIpc) is 3.00. The number of nitrogens with zero attached hydrogens (tertiary/aromatic N) is 1. The van der Waals surface area contributed by atoms with Crippen molar-refractivity contribution in [2.45, 2.75) is 91.2 Å². The summed E-state index contributed by atoms with van der Waals surface area (Å²) in [6.07, 6.45) is 3.24. The van der Waals surface area contributed by atoms with E-state index < -0.39 is 29.1 Å². The van der Waals surface area contributed by atoms with Gasteiger partial charge < -0.3 is 39.9 Å². The number of benzene rings is 1. The number of esters is 1. The summed E-state index contributed by atoms with van der Waals surface area (Å²) >= 11 is 0. The molecule has 13 heteroatoms. The van der Waals surface area contributed by atoms with Gasteiger partial charge in [0.25, 0.3) is 5.09 Å². The molecule has 0 aliphatic heterocycles. The molecular formula is C33H57N3O10. The maximum absolute atomic E-state index is 13.0. The van der Waals surface area contributed by atoms with E-state index in [1.807, 2.05) is 32.0 Å². The molecule has 0 saturated carbocycles. The summed E-state index contributed by atoms with van der Waals surface area (Å²) in [5, 5.41) is 23.2. The van der Waals surface area contributed by atoms with E-state index in [2.05, 4.69) is 24.0 Å². The standard InChI is InChI=1S/C33H57N3O10/c1-23(2)26(19-25-12-13-30(43-6)31(20-25)44-16-10-15-42-5)21-28(34)29(37)22-27(24(3)4)33(39)35-14-18-45-32(38)11-8-7-9-17-46-36(40)41/h12-13,20,23-24,26-29,37H,7-11,14-19,21-22,34H2,1-6H3,(H,35,39)/t26-,27-,28-,29-/m0/s1. The summed E-state index contributed by atoms with van der Waals surface area (Å²) in [7, 11) is 3.27. The summed E-state index contributed by atoms with van der Waals surface area (Å²) in [4.78, 5) is 39.3. The molecule has 13 nitrogen and oxygen atoms in total. The summed E-state index contributed by atoms with van der Waals surface area (Å²) in [5.41, 5.74) is 7.62. The molecule has 1 aromatic carbocycles. The van der Waals surface area contributed by atoms with Gasteiger partial charge in [0, 0.05) is 38.5 Å². The normalized spacial score (nSPS) is 14.0. The van der Waals surface area contributed by atoms with Gasteiger partial charge in [0.1, 0.15) is 6.61 Å². The summed E-state index contributed by atoms with van der Waals surface area (Å²) < 4.78 is 21.7. The number of nitrogens with two attached hydrogens (primary N) is 1. The van der Waals surface area contributed by atoms with E-state index in [-0.39, 0.29) is 50.3 Å². The molecule has 1 aromatic rings. The summed E-state index contributed by atoms with van der Waals surface area (Å²) in [6.45, 7) is 9.45. The predicted molar refractivity (Wildman–Crippen MR) is 174 cm³/mol. The van der Waals surface area contributed by atoms with E-state index in [9.17, 15) is 24.8 Å². The first-order valence-electron chi connectivity index (χ1n) is 16.3. The topological polar surface area (TPSA) is 182 Å². The van der Waals surface area contributed by atoms with Crippen molar-refractivity contribution < 1.29 is 43.6 Å². The first-order valence-corrected chi connectivity index (χ1v) is 16.3. The second-order valence-electron chi connectivity index (χ2n) is 12.3. The fourth-order valence-electron chi connectivity index (χ4n) is 5.09. The Morgan fingerprint density at radius 1 is 0.957 bits per heavy atom. The lowest BCUT2D eigenvalue weighted by Crippen LogP contribution is -2.43. The van der Waals surface area contributed by atoms with Crippen molar-refractivity contribution in [1.82, 2.24) is 5.32 Å². The molecule has 0 bridgehead atoms. The molecule has 0 aliphatic carbocycles. The number of carbonyl (C=O) groups is 2. The number of unbranched alkanes of at least 4 members (excludes halogenated alkanes) is 2. The lowest BCUT2D eigenvalue weighted by molar-refractivity contribution is -0.757. The quantitative estimate of drug-likeness (QED) is 0.0566. The van der Waals surface area contributed by atoms with Gasteiger partial charge in [-0.25, -0.2) is 0 Å². The maximum atomic E-state index is 13.0. The molecule has 4 N–H and O–H groups in total. The van der Waals surface area contributed by atoms with Crippen LogP contribution in [0, 0.1) is 33.8 Å². The molecule has 46 heavy (non-hydrogen) atoms. The van der Waals surface area contributed by atoms with Gasteiger partial charge in [-0.2, -0.15) is 0 Å². The third kappa shape index (κ3) is 17.0. The molecule has 1 amide bonds. The molecule has 0 saturated heterocycles. The molecule has 264 valence electrons. The van der Waals surface area contributed by atoms with Crippen LogP contribution in [0.3, 0.4) is 0 Å². The SMILES string of the molecule is COCCCOc1cc(C[C@@H](C[C@H](N)[C@@H](O)C[C@H](C(=O)NCCOC(=O)CCCCCO[N+](=O)[O-])C(C)C)C(C)C)ccc1OC. The smallest absolute Gasteiger partial charge is 0.305 e. The van der Waals surface area contributed by atoms with E-state index in [0.29, 0.717) is 56.3 Å². The van der Waals surface area contributed by atoms with Crippen LogP contribution in [0.2, 0.25) is 0 Å². The van der Waals surface area contributed by atoms with E-state index in [0.717, 1.165) is 18.4 Å². The van der Waals surface area contributed by atoms with Crippen molar-refractivity contribution in [3.05, 3.63) is 33.9 Å². The second kappa shape index (κ2) is 23.2. The lowest BCUT2D eigenvalue weighted by Gasteiger charge is -2.30. The summed E-state index contributed by atoms with van der Waals surface area (Å²) in [5.74, 6) is 0.727. The molecular weight excluding hydrogens is 598 g/mol. The number of methoxy groups -OCH3 is 2. The molecule has 0 aromatic heterocycles. The molecule has 0 unspecified atom stereocenters. The van der Waals surface area contributed by atoms with Crippen molar-refractivity contribution in [2.24, 2.45) is 29.4 Å². The molecule has 4 atom stereocenters. The molecule has 0 aliphatic rings. The Bertz CT molecular complexity index is 1020. The minimum absolute atomic E-state index is 0.000373. The van der Waals surface area contributed by atoms with Crippen LogP contribution < -0.4 is 20.5 Å². The number of nitrogens with one attached hydrogen (secondary N) is 1. The van der Waals surface area contributed by atoms with Crippen LogP contribution in [0.4, 0.5) is 0 Å². The Labute approximate surface area is 273 Å². The van der Waals surface area contributed by atoms with Gasteiger partial charge in [0.2, 0.25) is 5.91 Å². The van der Waals surface area contributed by atoms with Gasteiger partial charge in [-0.05, 0) is 67.6 Å². The van der Waals surface area contributed by atoms with Crippen LogP contribution >= 0.6 is 0 Å². The van der Waals surface area contributed by atoms with E-state index in [1.165, 1.54) is 0 Å². The van der Waals surface area contributed by atoms with Crippen molar-refractivity contribution in [3.8, 4) is 11.5 Å². The van der Waals surface area contributed by atoms with Crippen LogP contribution in [0.15, 0.2) is 18.2 Å². The van der Waals surface area contributed by atoms with Crippen LogP contribution in [0.5, 0.6) is 11.5 Å². The highest BCUT2D eigenvalue weighted by Gasteiger charge is 2.30. The number of ether oxygens (including phenoxy) is 4. The summed E-state index contributed by atoms with van der Waals surface area (Å²) in [6, 6.07) is 5.40. The molecule has 0 fully saturated rings. The van der Waals surface area contributed by atoms with Gasteiger partial charge in [-0.3, -0.25) is 9.59 Å². The molecule has 0 heterocycles. The molecule has 0 spiro atoms. The Hall–Kier alpha value is -3.16. The highest BCUT2D eigenvalue weighted by molar-refractivity contribution is 5.79. The van der Waals surface area contributed by atoms with Gasteiger partial charge in [-0.1, -0.05) is 40.2 Å². The highest BCUT2D eigenvalue weighted by atomic mass is 16.9. The van der Waals surface area contributed by atoms with Crippen LogP contribution in [-0.4, -0.2) is 81.4 Å². The van der Waals surface area contributed by atoms with E-state index in [4.69, 9.17) is 24.7 Å². The fourth-order valence-corrected chi connectivity index (χ4v) is 5.09. The Morgan fingerprint density at radius 3 is 2.33 bits per heavy atom. The zero-order valence-electron chi connectivity index (χ0n) is 28.5. The van der Waals surface area contributed by atoms with Crippen molar-refractivity contribution >= 4 is 11.9 Å². The average molecular weight is 656 g/mol. The van der Waals surface area contributed by atoms with E-state index in [1.54, 1.807) is 14.2 Å². The minimum Gasteiger partial charge on any atom is -0.493 e. The lowest BCUT2D eigenvalue weighted by atomic mass is 9.81. The van der Waals surface area contributed by atoms with Gasteiger partial charge in [-0.15, -0.1) is 10.1 Å². The predicted octanol–water partition coefficient (Wildman–Crippen LogP) is 4.09. The van der Waals surface area contributed by atoms with Crippen LogP contribution in [-0.2, 0) is 30.3 Å². The fraction of sp³-hybridized carbons (Fsp3) is 0.758. The van der Waals surface area contributed by atoms with Crippen molar-refractivity contribution in [1.29, 1.82) is 0 Å². The number of aliphatic hydroxyl groups is 1. The molecule has 0 radical (unpaired) electrons. The number of carbonyl (C=O) groups excluding carboxylic acids is 2. The zero-order chi connectivity index (χ0) is 34.5. The second-order valence-corrected chi connectivity index (χ2v) is 12.3. The number of hydrogen-bond acceptors (Lipinski definition) is 11. The maximum Gasteiger partial charge on any atom is 0.305 e. The molecule has 1 rings (SSSR count). The Balaban J connectivity index is 2.60. The van der Waals surface area contributed by atoms with Crippen molar-refractivity contribution in [2.75, 3.05) is 47.2 Å². The highest BCUT2D eigenvalue weighted by Crippen LogP contribution is 2.31. The van der Waals surface area contributed by atoms with Gasteiger partial charge >= 0.3 is 5.97 Å². The van der Waals surface area contributed by atoms with Gasteiger partial charge in [0.15, 0.2) is 11.5 Å². The Kier molecular flexibility index (Phi) is 20.6. The number of hydrogen-bond donors (Lipinski definition) is 3. The number of rotatable bonds is 26. The van der Waals surface area contributed by atoms with E-state index >= 15 is 0 Å². The minimum atomic E-state index is -0.872. The number of aliphatic hydroxyl groups excluding tert-OH is 1. The Morgan fingerprint density at radius 2 is 1.70 bits per heavy atom. The monoisotopic (exact) mass is 655 g/mol. The van der Waals surface area contributed by atoms with Gasteiger partial charge in [0.05, 0.1) is 33.0 Å². The third-order valence-corrected chi connectivity index (χ3v) is 8.01. The third-order valence-electron chi connectivity index (χ3n) is 8.01. The zero-order valence-corrected chi connectivity index (χ0v) is 28.5. The first kappa shape index (κ1) is 40.9. The van der Waals surface area contributed by atoms with Crippen LogP contribution in [0.25, 0.3) is 0 Å². The number of amides is 1. The first-order chi connectivity index (χ1) is 21.9. The largest absolute Gasteiger partial charge is 0.493 e. The van der Waals surface area contributed by atoms with Crippen molar-refractivity contribution in [3.63, 3.8) is 0 Å².